The van der Waals surface area contributed by atoms with E-state index in [0.29, 0.717) is 5.75 Å². The van der Waals surface area contributed by atoms with Crippen molar-refractivity contribution >= 4 is 11.9 Å². The standard InChI is InChI=1S/C23H32O5/c24-19-17(7-2-1-4-11-22(13-14-22)20(25)26)9-6-10-18(19)8-3-5-12-23(15-16-23)21(27)28/h6,9-10,24H,1-5,7-8,11-16H2,(H,25,26)(H,27,28). The van der Waals surface area contributed by atoms with Crippen LogP contribution < -0.4 is 0 Å². The molecule has 0 amide bonds. The van der Waals surface area contributed by atoms with Crippen molar-refractivity contribution in [1.82, 2.24) is 0 Å². The summed E-state index contributed by atoms with van der Waals surface area (Å²) < 4.78 is 0. The van der Waals surface area contributed by atoms with Gasteiger partial charge in [-0.05, 0) is 75.3 Å². The van der Waals surface area contributed by atoms with Crippen LogP contribution in [-0.4, -0.2) is 27.3 Å². The Morgan fingerprint density at radius 3 is 1.61 bits per heavy atom. The molecule has 2 saturated carbocycles. The van der Waals surface area contributed by atoms with E-state index in [4.69, 9.17) is 0 Å². The molecule has 5 heteroatoms. The first-order valence-electron chi connectivity index (χ1n) is 10.7. The van der Waals surface area contributed by atoms with E-state index in [1.165, 1.54) is 0 Å². The van der Waals surface area contributed by atoms with Crippen LogP contribution in [0.1, 0.15) is 81.8 Å². The molecule has 2 aliphatic carbocycles. The lowest BCUT2D eigenvalue weighted by Gasteiger charge is -2.12. The number of hydrogen-bond acceptors (Lipinski definition) is 3. The van der Waals surface area contributed by atoms with E-state index in [1.54, 1.807) is 0 Å². The molecule has 3 rings (SSSR count). The van der Waals surface area contributed by atoms with Crippen molar-refractivity contribution in [2.75, 3.05) is 0 Å². The second-order valence-corrected chi connectivity index (χ2v) is 8.86. The van der Waals surface area contributed by atoms with Gasteiger partial charge in [0.2, 0.25) is 0 Å². The van der Waals surface area contributed by atoms with Gasteiger partial charge in [-0.15, -0.1) is 0 Å². The smallest absolute Gasteiger partial charge is 0.309 e. The SMILES string of the molecule is O=C(O)C1(CCCCCc2cccc(CCCCC3(C(=O)O)CC3)c2O)CC1. The molecule has 0 heterocycles. The molecular weight excluding hydrogens is 356 g/mol. The van der Waals surface area contributed by atoms with Crippen molar-refractivity contribution in [2.24, 2.45) is 10.8 Å². The van der Waals surface area contributed by atoms with Crippen LogP contribution in [0, 0.1) is 10.8 Å². The Bertz CT molecular complexity index is 716. The largest absolute Gasteiger partial charge is 0.507 e. The number of aromatic hydroxyl groups is 1. The molecule has 154 valence electrons. The lowest BCUT2D eigenvalue weighted by molar-refractivity contribution is -0.144. The number of carboxylic acid groups (broad SMARTS) is 2. The van der Waals surface area contributed by atoms with Crippen LogP contribution in [0.25, 0.3) is 0 Å². The Labute approximate surface area is 166 Å². The third kappa shape index (κ3) is 4.86. The number of hydrogen-bond donors (Lipinski definition) is 3. The molecule has 0 unspecified atom stereocenters. The summed E-state index contributed by atoms with van der Waals surface area (Å²) in [5.74, 6) is -0.923. The van der Waals surface area contributed by atoms with Crippen LogP contribution >= 0.6 is 0 Å². The van der Waals surface area contributed by atoms with E-state index in [2.05, 4.69) is 0 Å². The van der Waals surface area contributed by atoms with Gasteiger partial charge in [-0.25, -0.2) is 0 Å². The molecule has 2 fully saturated rings. The van der Waals surface area contributed by atoms with Crippen LogP contribution in [0.2, 0.25) is 0 Å². The van der Waals surface area contributed by atoms with Crippen molar-refractivity contribution in [3.05, 3.63) is 29.3 Å². The predicted octanol–water partition coefficient (Wildman–Crippen LogP) is 4.94. The first-order valence-corrected chi connectivity index (χ1v) is 10.7. The van der Waals surface area contributed by atoms with Crippen LogP contribution in [0.15, 0.2) is 18.2 Å². The molecule has 1 aromatic carbocycles. The summed E-state index contributed by atoms with van der Waals surface area (Å²) in [6.45, 7) is 0. The minimum Gasteiger partial charge on any atom is -0.507 e. The summed E-state index contributed by atoms with van der Waals surface area (Å²) in [4.78, 5) is 22.4. The summed E-state index contributed by atoms with van der Waals surface area (Å²) in [7, 11) is 0. The van der Waals surface area contributed by atoms with Gasteiger partial charge in [0.1, 0.15) is 5.75 Å². The Hall–Kier alpha value is -2.04. The summed E-state index contributed by atoms with van der Waals surface area (Å²) in [5.41, 5.74) is 1.02. The third-order valence-electron chi connectivity index (χ3n) is 6.77. The molecule has 0 bridgehead atoms. The minimum atomic E-state index is -0.659. The van der Waals surface area contributed by atoms with Gasteiger partial charge in [-0.3, -0.25) is 9.59 Å². The van der Waals surface area contributed by atoms with Gasteiger partial charge in [0.15, 0.2) is 0 Å². The second-order valence-electron chi connectivity index (χ2n) is 8.86. The fourth-order valence-corrected chi connectivity index (χ4v) is 4.23. The number of unbranched alkanes of at least 4 members (excludes halogenated alkanes) is 3. The van der Waals surface area contributed by atoms with E-state index in [1.807, 2.05) is 18.2 Å². The molecule has 0 radical (unpaired) electrons. The quantitative estimate of drug-likeness (QED) is 0.416. The van der Waals surface area contributed by atoms with E-state index in [9.17, 15) is 24.9 Å². The zero-order valence-corrected chi connectivity index (χ0v) is 16.6. The number of carboxylic acids is 2. The van der Waals surface area contributed by atoms with E-state index < -0.39 is 22.8 Å². The summed E-state index contributed by atoms with van der Waals surface area (Å²) in [5, 5.41) is 29.0. The van der Waals surface area contributed by atoms with Gasteiger partial charge >= 0.3 is 11.9 Å². The number of aliphatic carboxylic acids is 2. The highest BCUT2D eigenvalue weighted by Gasteiger charge is 2.49. The van der Waals surface area contributed by atoms with Crippen LogP contribution in [0.3, 0.4) is 0 Å². The lowest BCUT2D eigenvalue weighted by atomic mass is 9.95. The normalized spacial score (nSPS) is 18.6. The first-order chi connectivity index (χ1) is 13.4. The molecule has 0 atom stereocenters. The number of phenols is 1. The van der Waals surface area contributed by atoms with Crippen molar-refractivity contribution < 1.29 is 24.9 Å². The van der Waals surface area contributed by atoms with E-state index in [-0.39, 0.29) is 0 Å². The number of carbonyl (C=O) groups is 2. The molecule has 0 aromatic heterocycles. The molecule has 3 N–H and O–H groups in total. The number of rotatable bonds is 13. The summed E-state index contributed by atoms with van der Waals surface area (Å²) in [6, 6.07) is 5.89. The number of aryl methyl sites for hydroxylation is 2. The van der Waals surface area contributed by atoms with Gasteiger partial charge in [-0.1, -0.05) is 37.5 Å². The maximum atomic E-state index is 11.2. The maximum absolute atomic E-state index is 11.2. The predicted molar refractivity (Wildman–Crippen MR) is 106 cm³/mol. The van der Waals surface area contributed by atoms with Crippen molar-refractivity contribution in [3.63, 3.8) is 0 Å². The molecule has 2 aliphatic rings. The van der Waals surface area contributed by atoms with Crippen molar-refractivity contribution in [3.8, 4) is 5.75 Å². The second kappa shape index (κ2) is 8.54. The average Bonchev–Trinajstić information content (AvgIpc) is 3.56. The third-order valence-corrected chi connectivity index (χ3v) is 6.77. The zero-order valence-electron chi connectivity index (χ0n) is 16.6. The average molecular weight is 389 g/mol. The summed E-state index contributed by atoms with van der Waals surface area (Å²) in [6.07, 6.45) is 11.0. The van der Waals surface area contributed by atoms with Crippen molar-refractivity contribution in [2.45, 2.75) is 83.5 Å². The van der Waals surface area contributed by atoms with Crippen LogP contribution in [-0.2, 0) is 22.4 Å². The van der Waals surface area contributed by atoms with Gasteiger partial charge in [0.25, 0.3) is 0 Å². The van der Waals surface area contributed by atoms with Crippen LogP contribution in [0.4, 0.5) is 0 Å². The monoisotopic (exact) mass is 388 g/mol. The van der Waals surface area contributed by atoms with Gasteiger partial charge < -0.3 is 15.3 Å². The molecule has 28 heavy (non-hydrogen) atoms. The highest BCUT2D eigenvalue weighted by molar-refractivity contribution is 5.78. The van der Waals surface area contributed by atoms with Gasteiger partial charge in [0.05, 0.1) is 10.8 Å². The number of phenolic OH excluding ortho intramolecular Hbond substituents is 1. The van der Waals surface area contributed by atoms with E-state index >= 15 is 0 Å². The van der Waals surface area contributed by atoms with E-state index in [0.717, 1.165) is 94.6 Å². The first kappa shape index (κ1) is 20.7. The number of benzene rings is 1. The molecule has 0 saturated heterocycles. The fraction of sp³-hybridized carbons (Fsp3) is 0.652. The topological polar surface area (TPSA) is 94.8 Å². The number of para-hydroxylation sites is 1. The highest BCUT2D eigenvalue weighted by atomic mass is 16.4. The Balaban J connectivity index is 1.37. The molecule has 5 nitrogen and oxygen atoms in total. The van der Waals surface area contributed by atoms with Gasteiger partial charge in [0, 0.05) is 0 Å². The van der Waals surface area contributed by atoms with Gasteiger partial charge in [-0.2, -0.15) is 0 Å². The Morgan fingerprint density at radius 1 is 0.750 bits per heavy atom. The molecule has 0 aliphatic heterocycles. The Kier molecular flexibility index (Phi) is 6.31. The summed E-state index contributed by atoms with van der Waals surface area (Å²) >= 11 is 0. The van der Waals surface area contributed by atoms with Crippen molar-refractivity contribution in [1.29, 1.82) is 0 Å². The molecule has 1 aromatic rings. The maximum Gasteiger partial charge on any atom is 0.309 e. The molecular formula is C23H32O5. The van der Waals surface area contributed by atoms with Crippen LogP contribution in [0.5, 0.6) is 5.75 Å². The zero-order chi connectivity index (χ0) is 20.2. The Morgan fingerprint density at radius 2 is 1.18 bits per heavy atom. The fourth-order valence-electron chi connectivity index (χ4n) is 4.23. The molecule has 0 spiro atoms. The lowest BCUT2D eigenvalue weighted by Crippen LogP contribution is -2.14. The highest BCUT2D eigenvalue weighted by Crippen LogP contribution is 2.50. The minimum absolute atomic E-state index is 0.381.